The third-order valence-electron chi connectivity index (χ3n) is 6.17. The van der Waals surface area contributed by atoms with E-state index in [0.717, 1.165) is 56.8 Å². The maximum absolute atomic E-state index is 11.6. The summed E-state index contributed by atoms with van der Waals surface area (Å²) in [4.78, 5) is 16.5. The van der Waals surface area contributed by atoms with Crippen LogP contribution in [0.4, 0.5) is 5.69 Å². The summed E-state index contributed by atoms with van der Waals surface area (Å²) in [6.07, 6.45) is 2.99. The van der Waals surface area contributed by atoms with Gasteiger partial charge in [-0.05, 0) is 60.4 Å². The van der Waals surface area contributed by atoms with Gasteiger partial charge < -0.3 is 15.4 Å². The number of hydrogen-bond donors (Lipinski definition) is 1. The predicted molar refractivity (Wildman–Crippen MR) is 120 cm³/mol. The quantitative estimate of drug-likeness (QED) is 0.734. The molecule has 1 unspecified atom stereocenters. The largest absolute Gasteiger partial charge is 0.373 e. The molecule has 1 saturated heterocycles. The Morgan fingerprint density at radius 3 is 2.45 bits per heavy atom. The molecule has 8 heteroatoms. The maximum atomic E-state index is 11.6. The summed E-state index contributed by atoms with van der Waals surface area (Å²) in [5.41, 5.74) is 9.35. The Kier molecular flexibility index (Phi) is 6.31. The zero-order valence-corrected chi connectivity index (χ0v) is 18.6. The summed E-state index contributed by atoms with van der Waals surface area (Å²) in [6.45, 7) is 5.33. The standard InChI is InChI=1S/C23H29N3O4S/c1-31(28,29)20-5-3-19(4-6-20)26-13-11-25(12-14-26)10-8-22-21-7-2-18(23(24)27)16-17(21)9-15-30-22/h2-7,16,22H,8-15H2,1H3,(H2,24,27). The van der Waals surface area contributed by atoms with Gasteiger partial charge in [0.05, 0.1) is 17.6 Å². The highest BCUT2D eigenvalue weighted by Crippen LogP contribution is 2.31. The van der Waals surface area contributed by atoms with Crippen molar-refractivity contribution in [2.45, 2.75) is 23.8 Å². The lowest BCUT2D eigenvalue weighted by Crippen LogP contribution is -2.47. The number of primary amides is 1. The fourth-order valence-electron chi connectivity index (χ4n) is 4.36. The lowest BCUT2D eigenvalue weighted by atomic mass is 9.93. The van der Waals surface area contributed by atoms with Gasteiger partial charge in [-0.2, -0.15) is 0 Å². The van der Waals surface area contributed by atoms with Crippen molar-refractivity contribution in [3.63, 3.8) is 0 Å². The molecule has 4 rings (SSSR count). The number of nitrogens with zero attached hydrogens (tertiary/aromatic N) is 2. The Balaban J connectivity index is 1.31. The van der Waals surface area contributed by atoms with Crippen molar-refractivity contribution in [2.24, 2.45) is 5.73 Å². The van der Waals surface area contributed by atoms with Crippen molar-refractivity contribution in [3.05, 3.63) is 59.2 Å². The van der Waals surface area contributed by atoms with Gasteiger partial charge in [-0.25, -0.2) is 8.42 Å². The summed E-state index contributed by atoms with van der Waals surface area (Å²) in [5.74, 6) is -0.394. The highest BCUT2D eigenvalue weighted by Gasteiger charge is 2.24. The SMILES string of the molecule is CS(=O)(=O)c1ccc(N2CCN(CCC3OCCc4cc(C(N)=O)ccc43)CC2)cc1. The van der Waals surface area contributed by atoms with Gasteiger partial charge in [-0.3, -0.25) is 9.69 Å². The minimum Gasteiger partial charge on any atom is -0.373 e. The van der Waals surface area contributed by atoms with E-state index in [4.69, 9.17) is 10.5 Å². The number of rotatable bonds is 6. The van der Waals surface area contributed by atoms with E-state index in [2.05, 4.69) is 9.80 Å². The Morgan fingerprint density at radius 2 is 1.81 bits per heavy atom. The topological polar surface area (TPSA) is 92.9 Å². The normalized spacial score (nSPS) is 19.8. The summed E-state index contributed by atoms with van der Waals surface area (Å²) >= 11 is 0. The van der Waals surface area contributed by atoms with Crippen molar-refractivity contribution in [1.82, 2.24) is 4.90 Å². The van der Waals surface area contributed by atoms with Gasteiger partial charge in [-0.1, -0.05) is 6.07 Å². The highest BCUT2D eigenvalue weighted by atomic mass is 32.2. The van der Waals surface area contributed by atoms with Gasteiger partial charge in [0.1, 0.15) is 0 Å². The Morgan fingerprint density at radius 1 is 1.10 bits per heavy atom. The van der Waals surface area contributed by atoms with Crippen LogP contribution in [-0.2, 0) is 21.0 Å². The van der Waals surface area contributed by atoms with Crippen molar-refractivity contribution in [1.29, 1.82) is 0 Å². The molecule has 2 aromatic rings. The third kappa shape index (κ3) is 5.08. The molecule has 1 fully saturated rings. The molecule has 31 heavy (non-hydrogen) atoms. The summed E-state index contributed by atoms with van der Waals surface area (Å²) in [7, 11) is -3.17. The fraction of sp³-hybridized carbons (Fsp3) is 0.435. The minimum absolute atomic E-state index is 0.0484. The molecule has 2 aliphatic heterocycles. The highest BCUT2D eigenvalue weighted by molar-refractivity contribution is 7.90. The molecule has 166 valence electrons. The van der Waals surface area contributed by atoms with E-state index in [0.29, 0.717) is 17.1 Å². The third-order valence-corrected chi connectivity index (χ3v) is 7.30. The first-order chi connectivity index (χ1) is 14.8. The first-order valence-electron chi connectivity index (χ1n) is 10.6. The number of nitrogens with two attached hydrogens (primary N) is 1. The van der Waals surface area contributed by atoms with Crippen LogP contribution in [-0.4, -0.2) is 64.8 Å². The van der Waals surface area contributed by atoms with Crippen molar-refractivity contribution >= 4 is 21.4 Å². The number of amides is 1. The number of anilines is 1. The molecule has 1 atom stereocenters. The van der Waals surface area contributed by atoms with Crippen molar-refractivity contribution < 1.29 is 17.9 Å². The van der Waals surface area contributed by atoms with Crippen LogP contribution in [0.1, 0.15) is 34.0 Å². The van der Waals surface area contributed by atoms with E-state index in [1.165, 1.54) is 11.8 Å². The Labute approximate surface area is 183 Å². The molecule has 2 aromatic carbocycles. The maximum Gasteiger partial charge on any atom is 0.248 e. The summed E-state index contributed by atoms with van der Waals surface area (Å²) in [5, 5.41) is 0. The van der Waals surface area contributed by atoms with E-state index in [1.807, 2.05) is 24.3 Å². The van der Waals surface area contributed by atoms with Gasteiger partial charge in [0.2, 0.25) is 5.91 Å². The molecule has 2 aliphatic rings. The van der Waals surface area contributed by atoms with E-state index in [-0.39, 0.29) is 6.10 Å². The number of piperazine rings is 1. The van der Waals surface area contributed by atoms with Crippen LogP contribution in [0, 0.1) is 0 Å². The monoisotopic (exact) mass is 443 g/mol. The average Bonchev–Trinajstić information content (AvgIpc) is 2.77. The molecule has 7 nitrogen and oxygen atoms in total. The molecular formula is C23H29N3O4S. The molecule has 1 amide bonds. The van der Waals surface area contributed by atoms with Crippen molar-refractivity contribution in [3.8, 4) is 0 Å². The molecule has 0 bridgehead atoms. The predicted octanol–water partition coefficient (Wildman–Crippen LogP) is 2.02. The number of carbonyl (C=O) groups is 1. The van der Waals surface area contributed by atoms with Crippen LogP contribution in [0.3, 0.4) is 0 Å². The van der Waals surface area contributed by atoms with E-state index in [9.17, 15) is 13.2 Å². The van der Waals surface area contributed by atoms with Crippen LogP contribution < -0.4 is 10.6 Å². The van der Waals surface area contributed by atoms with E-state index >= 15 is 0 Å². The van der Waals surface area contributed by atoms with Gasteiger partial charge in [-0.15, -0.1) is 0 Å². The minimum atomic E-state index is -3.17. The summed E-state index contributed by atoms with van der Waals surface area (Å²) < 4.78 is 29.3. The number of ether oxygens (including phenoxy) is 1. The van der Waals surface area contributed by atoms with Crippen LogP contribution >= 0.6 is 0 Å². The molecule has 0 aromatic heterocycles. The van der Waals surface area contributed by atoms with Crippen LogP contribution in [0.2, 0.25) is 0 Å². The number of hydrogen-bond acceptors (Lipinski definition) is 6. The fourth-order valence-corrected chi connectivity index (χ4v) is 4.99. The number of fused-ring (bicyclic) bond motifs is 1. The lowest BCUT2D eigenvalue weighted by Gasteiger charge is -2.37. The lowest BCUT2D eigenvalue weighted by molar-refractivity contribution is 0.0289. The zero-order chi connectivity index (χ0) is 22.0. The van der Waals surface area contributed by atoms with Crippen LogP contribution in [0.25, 0.3) is 0 Å². The second-order valence-electron chi connectivity index (χ2n) is 8.27. The molecule has 2 heterocycles. The first-order valence-corrected chi connectivity index (χ1v) is 12.5. The molecule has 0 saturated carbocycles. The van der Waals surface area contributed by atoms with Crippen LogP contribution in [0.5, 0.6) is 0 Å². The van der Waals surface area contributed by atoms with Gasteiger partial charge in [0.15, 0.2) is 9.84 Å². The number of sulfone groups is 1. The summed E-state index contributed by atoms with van der Waals surface area (Å²) in [6, 6.07) is 12.8. The smallest absolute Gasteiger partial charge is 0.248 e. The first kappa shape index (κ1) is 21.8. The van der Waals surface area contributed by atoms with E-state index in [1.54, 1.807) is 18.2 Å². The molecular weight excluding hydrogens is 414 g/mol. The Bertz CT molecular complexity index is 1040. The van der Waals surface area contributed by atoms with Gasteiger partial charge in [0.25, 0.3) is 0 Å². The number of benzene rings is 2. The Hall–Kier alpha value is -2.42. The van der Waals surface area contributed by atoms with Gasteiger partial charge >= 0.3 is 0 Å². The average molecular weight is 444 g/mol. The van der Waals surface area contributed by atoms with Gasteiger partial charge in [0, 0.05) is 50.2 Å². The van der Waals surface area contributed by atoms with Crippen molar-refractivity contribution in [2.75, 3.05) is 50.5 Å². The number of carbonyl (C=O) groups excluding carboxylic acids is 1. The molecule has 2 N–H and O–H groups in total. The molecule has 0 radical (unpaired) electrons. The molecule has 0 aliphatic carbocycles. The molecule has 0 spiro atoms. The van der Waals surface area contributed by atoms with Crippen LogP contribution in [0.15, 0.2) is 47.4 Å². The second-order valence-corrected chi connectivity index (χ2v) is 10.3. The van der Waals surface area contributed by atoms with E-state index < -0.39 is 15.7 Å². The zero-order valence-electron chi connectivity index (χ0n) is 17.8. The second kappa shape index (κ2) is 8.98.